The van der Waals surface area contributed by atoms with E-state index in [-0.39, 0.29) is 0 Å². The van der Waals surface area contributed by atoms with Crippen molar-refractivity contribution in [3.05, 3.63) is 23.8 Å². The van der Waals surface area contributed by atoms with Gasteiger partial charge in [0, 0.05) is 6.54 Å². The first-order valence-corrected chi connectivity index (χ1v) is 6.20. The first-order valence-electron chi connectivity index (χ1n) is 6.20. The second-order valence-corrected chi connectivity index (χ2v) is 4.03. The molecule has 20 heavy (non-hydrogen) atoms. The quantitative estimate of drug-likeness (QED) is 0.702. The van der Waals surface area contributed by atoms with E-state index in [1.165, 1.54) is 6.92 Å². The third-order valence-corrected chi connectivity index (χ3v) is 2.46. The largest absolute Gasteiger partial charge is 0.490 e. The number of carbonyl (C=O) groups excluding carboxylic acids is 2. The Morgan fingerprint density at radius 3 is 2.60 bits per heavy atom. The van der Waals surface area contributed by atoms with E-state index in [1.807, 2.05) is 12.2 Å². The third kappa shape index (κ3) is 4.43. The Labute approximate surface area is 117 Å². The molecule has 7 nitrogen and oxygen atoms in total. The lowest BCUT2D eigenvalue weighted by Gasteiger charge is -2.17. The van der Waals surface area contributed by atoms with Gasteiger partial charge < -0.3 is 20.9 Å². The van der Waals surface area contributed by atoms with Crippen LogP contribution in [0.2, 0.25) is 0 Å². The highest BCUT2D eigenvalue weighted by molar-refractivity contribution is 5.95. The summed E-state index contributed by atoms with van der Waals surface area (Å²) in [4.78, 5) is 22.2. The van der Waals surface area contributed by atoms with Crippen LogP contribution >= 0.6 is 0 Å². The molecule has 0 aliphatic rings. The molecule has 0 radical (unpaired) electrons. The van der Waals surface area contributed by atoms with Gasteiger partial charge in [-0.2, -0.15) is 0 Å². The van der Waals surface area contributed by atoms with E-state index in [1.54, 1.807) is 18.2 Å². The zero-order valence-corrected chi connectivity index (χ0v) is 11.5. The molecule has 1 atom stereocenters. The van der Waals surface area contributed by atoms with Crippen LogP contribution < -0.4 is 26.3 Å². The minimum atomic E-state index is -0.922. The van der Waals surface area contributed by atoms with Gasteiger partial charge in [0.25, 0.3) is 5.91 Å². The number of hydrogen-bond donors (Lipinski definition) is 3. The number of benzene rings is 1. The summed E-state index contributed by atoms with van der Waals surface area (Å²) in [6, 6.07) is 4.27. The predicted molar refractivity (Wildman–Crippen MR) is 73.3 cm³/mol. The normalized spacial score (nSPS) is 11.6. The van der Waals surface area contributed by atoms with Crippen LogP contribution in [-0.4, -0.2) is 24.6 Å². The van der Waals surface area contributed by atoms with Gasteiger partial charge in [0.15, 0.2) is 17.6 Å². The topological polar surface area (TPSA) is 117 Å². The Morgan fingerprint density at radius 2 is 2.05 bits per heavy atom. The van der Waals surface area contributed by atoms with E-state index < -0.39 is 18.0 Å². The molecule has 0 spiro atoms. The summed E-state index contributed by atoms with van der Waals surface area (Å²) in [6.45, 7) is 4.16. The summed E-state index contributed by atoms with van der Waals surface area (Å²) in [5, 5.41) is 1.95. The van der Waals surface area contributed by atoms with Crippen molar-refractivity contribution >= 4 is 11.9 Å². The summed E-state index contributed by atoms with van der Waals surface area (Å²) < 4.78 is 10.9. The molecule has 0 aliphatic carbocycles. The van der Waals surface area contributed by atoms with E-state index in [4.69, 9.17) is 20.9 Å². The SMILES string of the molecule is CCOc1cc(CN)ccc1OC(C)C(=O)NC(N)=O. The maximum atomic E-state index is 11.6. The minimum absolute atomic E-state index is 0.373. The van der Waals surface area contributed by atoms with Crippen LogP contribution in [0.15, 0.2) is 18.2 Å². The van der Waals surface area contributed by atoms with Crippen molar-refractivity contribution in [2.45, 2.75) is 26.5 Å². The molecule has 0 aliphatic heterocycles. The number of primary amides is 1. The number of carbonyl (C=O) groups is 2. The summed E-state index contributed by atoms with van der Waals surface area (Å²) in [7, 11) is 0. The highest BCUT2D eigenvalue weighted by Crippen LogP contribution is 2.29. The molecule has 0 fully saturated rings. The summed E-state index contributed by atoms with van der Waals surface area (Å²) >= 11 is 0. The molecular formula is C13H19N3O4. The van der Waals surface area contributed by atoms with Crippen LogP contribution in [0.25, 0.3) is 0 Å². The lowest BCUT2D eigenvalue weighted by Crippen LogP contribution is -2.42. The lowest BCUT2D eigenvalue weighted by molar-refractivity contribution is -0.126. The van der Waals surface area contributed by atoms with Gasteiger partial charge in [0.2, 0.25) is 0 Å². The number of nitrogens with one attached hydrogen (secondary N) is 1. The Balaban J connectivity index is 2.85. The molecule has 0 bridgehead atoms. The van der Waals surface area contributed by atoms with Crippen molar-refractivity contribution in [3.63, 3.8) is 0 Å². The number of nitrogens with two attached hydrogens (primary N) is 2. The Hall–Kier alpha value is -2.28. The van der Waals surface area contributed by atoms with Crippen molar-refractivity contribution in [1.29, 1.82) is 0 Å². The zero-order valence-electron chi connectivity index (χ0n) is 11.5. The number of imide groups is 1. The van der Waals surface area contributed by atoms with Crippen molar-refractivity contribution in [1.82, 2.24) is 5.32 Å². The van der Waals surface area contributed by atoms with Gasteiger partial charge in [-0.05, 0) is 31.5 Å². The molecule has 5 N–H and O–H groups in total. The highest BCUT2D eigenvalue weighted by Gasteiger charge is 2.18. The molecule has 7 heteroatoms. The first kappa shape index (κ1) is 15.8. The average molecular weight is 281 g/mol. The van der Waals surface area contributed by atoms with Gasteiger partial charge in [-0.15, -0.1) is 0 Å². The average Bonchev–Trinajstić information content (AvgIpc) is 2.40. The Morgan fingerprint density at radius 1 is 1.35 bits per heavy atom. The maximum absolute atomic E-state index is 11.6. The van der Waals surface area contributed by atoms with E-state index in [0.717, 1.165) is 5.56 Å². The molecule has 1 aromatic rings. The van der Waals surface area contributed by atoms with Gasteiger partial charge in [-0.3, -0.25) is 10.1 Å². The Bertz CT molecular complexity index is 491. The molecule has 110 valence electrons. The third-order valence-electron chi connectivity index (χ3n) is 2.46. The number of urea groups is 1. The van der Waals surface area contributed by atoms with E-state index in [2.05, 4.69) is 0 Å². The lowest BCUT2D eigenvalue weighted by atomic mass is 10.2. The number of ether oxygens (including phenoxy) is 2. The van der Waals surface area contributed by atoms with Crippen molar-refractivity contribution in [3.8, 4) is 11.5 Å². The van der Waals surface area contributed by atoms with Crippen LogP contribution in [0.5, 0.6) is 11.5 Å². The second-order valence-electron chi connectivity index (χ2n) is 4.03. The molecule has 0 saturated carbocycles. The zero-order chi connectivity index (χ0) is 15.1. The molecule has 1 aromatic carbocycles. The molecule has 3 amide bonds. The molecule has 0 heterocycles. The minimum Gasteiger partial charge on any atom is -0.490 e. The van der Waals surface area contributed by atoms with Crippen molar-refractivity contribution in [2.24, 2.45) is 11.5 Å². The monoisotopic (exact) mass is 281 g/mol. The van der Waals surface area contributed by atoms with Crippen LogP contribution in [-0.2, 0) is 11.3 Å². The van der Waals surface area contributed by atoms with E-state index >= 15 is 0 Å². The van der Waals surface area contributed by atoms with Gasteiger partial charge >= 0.3 is 6.03 Å². The Kier molecular flexibility index (Phi) is 5.79. The van der Waals surface area contributed by atoms with Gasteiger partial charge in [0.05, 0.1) is 6.61 Å². The van der Waals surface area contributed by atoms with Gasteiger partial charge in [0.1, 0.15) is 0 Å². The van der Waals surface area contributed by atoms with E-state index in [9.17, 15) is 9.59 Å². The van der Waals surface area contributed by atoms with Crippen LogP contribution in [0.3, 0.4) is 0 Å². The summed E-state index contributed by atoms with van der Waals surface area (Å²) in [5.41, 5.74) is 11.3. The predicted octanol–water partition coefficient (Wildman–Crippen LogP) is 0.506. The summed E-state index contributed by atoms with van der Waals surface area (Å²) in [6.07, 6.45) is -0.884. The first-order chi connectivity index (χ1) is 9.47. The molecule has 1 unspecified atom stereocenters. The standard InChI is InChI=1S/C13H19N3O4/c1-3-19-11-6-9(7-14)4-5-10(11)20-8(2)12(17)16-13(15)18/h4-6,8H,3,7,14H2,1-2H3,(H3,15,16,17,18). The summed E-state index contributed by atoms with van der Waals surface area (Å²) in [5.74, 6) is 0.271. The fraction of sp³-hybridized carbons (Fsp3) is 0.385. The van der Waals surface area contributed by atoms with Crippen molar-refractivity contribution in [2.75, 3.05) is 6.61 Å². The van der Waals surface area contributed by atoms with E-state index in [0.29, 0.717) is 24.7 Å². The second kappa shape index (κ2) is 7.34. The maximum Gasteiger partial charge on any atom is 0.318 e. The molecule has 1 rings (SSSR count). The number of hydrogen-bond acceptors (Lipinski definition) is 5. The molecular weight excluding hydrogens is 262 g/mol. The van der Waals surface area contributed by atoms with Crippen molar-refractivity contribution < 1.29 is 19.1 Å². The van der Waals surface area contributed by atoms with Gasteiger partial charge in [-0.1, -0.05) is 6.07 Å². The van der Waals surface area contributed by atoms with Gasteiger partial charge in [-0.25, -0.2) is 4.79 Å². The molecule has 0 aromatic heterocycles. The highest BCUT2D eigenvalue weighted by atomic mass is 16.5. The number of rotatable bonds is 6. The number of amides is 3. The van der Waals surface area contributed by atoms with Crippen LogP contribution in [0.4, 0.5) is 4.79 Å². The molecule has 0 saturated heterocycles. The van der Waals surface area contributed by atoms with Crippen LogP contribution in [0, 0.1) is 0 Å². The fourth-order valence-corrected chi connectivity index (χ4v) is 1.51. The van der Waals surface area contributed by atoms with Crippen LogP contribution in [0.1, 0.15) is 19.4 Å². The smallest absolute Gasteiger partial charge is 0.318 e. The fourth-order valence-electron chi connectivity index (χ4n) is 1.51.